The van der Waals surface area contributed by atoms with Crippen molar-refractivity contribution in [2.45, 2.75) is 0 Å². The van der Waals surface area contributed by atoms with Gasteiger partial charge in [0.25, 0.3) is 5.91 Å². The number of amides is 1. The van der Waals surface area contributed by atoms with Crippen LogP contribution in [0.25, 0.3) is 6.08 Å². The fourth-order valence-corrected chi connectivity index (χ4v) is 4.44. The third-order valence-electron chi connectivity index (χ3n) is 3.42. The topological polar surface area (TPSA) is 29.5 Å². The standard InChI is InChI=1S/C17H10BrCl2NO2S2/c1-23-14-5-2-10(18)6-9(14)7-15-16(22)21(17(24)25-15)13-4-3-11(19)8-12(13)20/h2-8H,1H3. The molecule has 0 saturated carbocycles. The number of carbonyl (C=O) groups excluding carboxylic acids is 1. The van der Waals surface area contributed by atoms with Crippen LogP contribution in [0.2, 0.25) is 10.0 Å². The molecule has 8 heteroatoms. The van der Waals surface area contributed by atoms with E-state index < -0.39 is 0 Å². The third-order valence-corrected chi connectivity index (χ3v) is 5.76. The molecule has 0 aliphatic carbocycles. The molecule has 1 fully saturated rings. The number of halogens is 3. The van der Waals surface area contributed by atoms with Gasteiger partial charge in [0, 0.05) is 15.1 Å². The molecule has 1 amide bonds. The maximum absolute atomic E-state index is 12.8. The predicted octanol–water partition coefficient (Wildman–Crippen LogP) is 6.17. The van der Waals surface area contributed by atoms with E-state index in [1.54, 1.807) is 31.4 Å². The molecule has 1 aliphatic rings. The summed E-state index contributed by atoms with van der Waals surface area (Å²) < 4.78 is 6.64. The molecule has 128 valence electrons. The number of methoxy groups -OCH3 is 1. The van der Waals surface area contributed by atoms with Gasteiger partial charge in [0.1, 0.15) is 5.75 Å². The normalized spacial score (nSPS) is 16.0. The third kappa shape index (κ3) is 3.88. The molecule has 0 spiro atoms. The number of hydrogen-bond donors (Lipinski definition) is 0. The van der Waals surface area contributed by atoms with E-state index in [2.05, 4.69) is 15.9 Å². The molecule has 3 nitrogen and oxygen atoms in total. The molecule has 0 radical (unpaired) electrons. The summed E-state index contributed by atoms with van der Waals surface area (Å²) >= 11 is 22.2. The van der Waals surface area contributed by atoms with Crippen molar-refractivity contribution in [1.29, 1.82) is 0 Å². The number of carbonyl (C=O) groups is 1. The fourth-order valence-electron chi connectivity index (χ4n) is 2.30. The van der Waals surface area contributed by atoms with E-state index in [0.717, 1.165) is 10.0 Å². The van der Waals surface area contributed by atoms with Crippen LogP contribution >= 0.6 is 63.1 Å². The van der Waals surface area contributed by atoms with Crippen molar-refractivity contribution >= 4 is 85.1 Å². The highest BCUT2D eigenvalue weighted by molar-refractivity contribution is 9.10. The Bertz CT molecular complexity index is 918. The molecule has 3 rings (SSSR count). The van der Waals surface area contributed by atoms with Crippen LogP contribution in [0.1, 0.15) is 5.56 Å². The highest BCUT2D eigenvalue weighted by atomic mass is 79.9. The van der Waals surface area contributed by atoms with Crippen LogP contribution in [0.3, 0.4) is 0 Å². The second-order valence-electron chi connectivity index (χ2n) is 5.00. The maximum Gasteiger partial charge on any atom is 0.270 e. The summed E-state index contributed by atoms with van der Waals surface area (Å²) in [5.41, 5.74) is 1.29. The molecule has 1 aliphatic heterocycles. The molecular formula is C17H10BrCl2NO2S2. The number of ether oxygens (including phenoxy) is 1. The average Bonchev–Trinajstić information content (AvgIpc) is 2.82. The van der Waals surface area contributed by atoms with E-state index in [1.165, 1.54) is 16.7 Å². The van der Waals surface area contributed by atoms with Gasteiger partial charge < -0.3 is 4.74 Å². The Hall–Kier alpha value is -1.05. The molecule has 1 saturated heterocycles. The molecule has 1 heterocycles. The average molecular weight is 475 g/mol. The Morgan fingerprint density at radius 3 is 2.68 bits per heavy atom. The van der Waals surface area contributed by atoms with Crippen LogP contribution in [-0.4, -0.2) is 17.3 Å². The lowest BCUT2D eigenvalue weighted by molar-refractivity contribution is -0.113. The molecule has 25 heavy (non-hydrogen) atoms. The molecule has 2 aromatic rings. The van der Waals surface area contributed by atoms with E-state index in [4.69, 9.17) is 40.2 Å². The van der Waals surface area contributed by atoms with Crippen LogP contribution in [0.5, 0.6) is 5.75 Å². The largest absolute Gasteiger partial charge is 0.496 e. The summed E-state index contributed by atoms with van der Waals surface area (Å²) in [6, 6.07) is 10.5. The first-order chi connectivity index (χ1) is 11.9. The minimum atomic E-state index is -0.235. The predicted molar refractivity (Wildman–Crippen MR) is 113 cm³/mol. The Kier molecular flexibility index (Phi) is 5.75. The maximum atomic E-state index is 12.8. The van der Waals surface area contributed by atoms with E-state index >= 15 is 0 Å². The zero-order valence-electron chi connectivity index (χ0n) is 12.8. The Labute approximate surface area is 173 Å². The lowest BCUT2D eigenvalue weighted by Crippen LogP contribution is -2.27. The van der Waals surface area contributed by atoms with Crippen LogP contribution < -0.4 is 9.64 Å². The summed E-state index contributed by atoms with van der Waals surface area (Å²) in [4.78, 5) is 14.8. The highest BCUT2D eigenvalue weighted by Crippen LogP contribution is 2.40. The second-order valence-corrected chi connectivity index (χ2v) is 8.43. The summed E-state index contributed by atoms with van der Waals surface area (Å²) in [7, 11) is 1.58. The molecular weight excluding hydrogens is 465 g/mol. The first kappa shape index (κ1) is 18.7. The number of hydrogen-bond acceptors (Lipinski definition) is 4. The molecule has 0 unspecified atom stereocenters. The van der Waals surface area contributed by atoms with Crippen molar-refractivity contribution in [2.24, 2.45) is 0 Å². The summed E-state index contributed by atoms with van der Waals surface area (Å²) in [5.74, 6) is 0.430. The number of thioether (sulfide) groups is 1. The molecule has 0 atom stereocenters. The zero-order valence-corrected chi connectivity index (χ0v) is 17.5. The van der Waals surface area contributed by atoms with Crippen molar-refractivity contribution in [3.8, 4) is 5.75 Å². The Morgan fingerprint density at radius 2 is 2.00 bits per heavy atom. The second kappa shape index (κ2) is 7.68. The molecule has 2 aromatic carbocycles. The van der Waals surface area contributed by atoms with Crippen molar-refractivity contribution < 1.29 is 9.53 Å². The van der Waals surface area contributed by atoms with Gasteiger partial charge >= 0.3 is 0 Å². The van der Waals surface area contributed by atoms with Gasteiger partial charge in [-0.1, -0.05) is 63.1 Å². The van der Waals surface area contributed by atoms with E-state index in [0.29, 0.717) is 30.7 Å². The number of anilines is 1. The number of rotatable bonds is 3. The van der Waals surface area contributed by atoms with Crippen LogP contribution in [0.15, 0.2) is 45.8 Å². The van der Waals surface area contributed by atoms with E-state index in [-0.39, 0.29) is 5.91 Å². The first-order valence-corrected chi connectivity index (χ1v) is 9.74. The van der Waals surface area contributed by atoms with Gasteiger partial charge in [0.2, 0.25) is 0 Å². The number of nitrogens with zero attached hydrogens (tertiary/aromatic N) is 1. The minimum absolute atomic E-state index is 0.235. The van der Waals surface area contributed by atoms with Crippen molar-refractivity contribution in [1.82, 2.24) is 0 Å². The lowest BCUT2D eigenvalue weighted by atomic mass is 10.2. The fraction of sp³-hybridized carbons (Fsp3) is 0.0588. The van der Waals surface area contributed by atoms with Crippen LogP contribution in [0, 0.1) is 0 Å². The summed E-state index contributed by atoms with van der Waals surface area (Å²) in [6.45, 7) is 0. The van der Waals surface area contributed by atoms with Crippen LogP contribution in [0.4, 0.5) is 5.69 Å². The lowest BCUT2D eigenvalue weighted by Gasteiger charge is -2.16. The van der Waals surface area contributed by atoms with Gasteiger partial charge in [-0.3, -0.25) is 9.69 Å². The van der Waals surface area contributed by atoms with Gasteiger partial charge in [-0.2, -0.15) is 0 Å². The Balaban J connectivity index is 2.00. The monoisotopic (exact) mass is 473 g/mol. The molecule has 0 bridgehead atoms. The Morgan fingerprint density at radius 1 is 1.24 bits per heavy atom. The summed E-state index contributed by atoms with van der Waals surface area (Å²) in [5, 5.41) is 0.860. The number of thiocarbonyl (C=S) groups is 1. The van der Waals surface area contributed by atoms with Gasteiger partial charge in [-0.15, -0.1) is 0 Å². The van der Waals surface area contributed by atoms with E-state index in [9.17, 15) is 4.79 Å². The minimum Gasteiger partial charge on any atom is -0.496 e. The van der Waals surface area contributed by atoms with Gasteiger partial charge in [-0.05, 0) is 42.5 Å². The van der Waals surface area contributed by atoms with E-state index in [1.807, 2.05) is 18.2 Å². The van der Waals surface area contributed by atoms with Crippen molar-refractivity contribution in [3.63, 3.8) is 0 Å². The molecule has 0 aromatic heterocycles. The van der Waals surface area contributed by atoms with Crippen molar-refractivity contribution in [3.05, 3.63) is 61.4 Å². The highest BCUT2D eigenvalue weighted by Gasteiger charge is 2.34. The smallest absolute Gasteiger partial charge is 0.270 e. The molecule has 0 N–H and O–H groups in total. The van der Waals surface area contributed by atoms with Crippen LogP contribution in [-0.2, 0) is 4.79 Å². The van der Waals surface area contributed by atoms with Gasteiger partial charge in [-0.25, -0.2) is 0 Å². The van der Waals surface area contributed by atoms with Crippen molar-refractivity contribution in [2.75, 3.05) is 12.0 Å². The number of benzene rings is 2. The summed E-state index contributed by atoms with van der Waals surface area (Å²) in [6.07, 6.45) is 1.76. The quantitative estimate of drug-likeness (QED) is 0.393. The SMILES string of the molecule is COc1ccc(Br)cc1C=C1SC(=S)N(c2ccc(Cl)cc2Cl)C1=O. The zero-order chi connectivity index (χ0) is 18.1. The first-order valence-electron chi connectivity index (χ1n) is 6.97. The van der Waals surface area contributed by atoms with Gasteiger partial charge in [0.15, 0.2) is 4.32 Å². The van der Waals surface area contributed by atoms with Gasteiger partial charge in [0.05, 0.1) is 22.7 Å².